The first kappa shape index (κ1) is 14.7. The van der Waals surface area contributed by atoms with Crippen LogP contribution in [-0.4, -0.2) is 13.1 Å². The van der Waals surface area contributed by atoms with E-state index in [-0.39, 0.29) is 5.82 Å². The minimum atomic E-state index is -0.0981. The van der Waals surface area contributed by atoms with E-state index in [2.05, 4.69) is 45.5 Å². The Morgan fingerprint density at radius 3 is 2.67 bits per heavy atom. The zero-order valence-corrected chi connectivity index (χ0v) is 13.7. The predicted molar refractivity (Wildman–Crippen MR) is 88.2 cm³/mol. The second kappa shape index (κ2) is 6.29. The second-order valence-corrected chi connectivity index (χ2v) is 6.69. The van der Waals surface area contributed by atoms with Crippen LogP contribution in [0.3, 0.4) is 0 Å². The van der Waals surface area contributed by atoms with E-state index in [1.807, 2.05) is 19.1 Å². The van der Waals surface area contributed by atoms with Gasteiger partial charge in [-0.3, -0.25) is 0 Å². The molecule has 2 aromatic rings. The number of nitrogens with one attached hydrogen (secondary N) is 1. The van der Waals surface area contributed by atoms with E-state index in [4.69, 9.17) is 0 Å². The van der Waals surface area contributed by atoms with Gasteiger partial charge < -0.3 is 5.32 Å². The molecule has 0 spiro atoms. The maximum atomic E-state index is 13.9. The summed E-state index contributed by atoms with van der Waals surface area (Å²) in [5.74, 6) is 0.660. The molecule has 1 aliphatic rings. The quantitative estimate of drug-likeness (QED) is 0.825. The highest BCUT2D eigenvalue weighted by atomic mass is 79.9. The van der Waals surface area contributed by atoms with Crippen molar-refractivity contribution < 1.29 is 4.39 Å². The maximum absolute atomic E-state index is 13.9. The van der Waals surface area contributed by atoms with Gasteiger partial charge in [0, 0.05) is 16.9 Å². The lowest BCUT2D eigenvalue weighted by Gasteiger charge is -2.33. The molecule has 2 atom stereocenters. The van der Waals surface area contributed by atoms with Crippen LogP contribution in [0.2, 0.25) is 0 Å². The largest absolute Gasteiger partial charge is 0.316 e. The summed E-state index contributed by atoms with van der Waals surface area (Å²) in [5, 5.41) is 3.47. The van der Waals surface area contributed by atoms with Gasteiger partial charge in [0.05, 0.1) is 0 Å². The average molecular weight is 348 g/mol. The van der Waals surface area contributed by atoms with Gasteiger partial charge >= 0.3 is 0 Å². The summed E-state index contributed by atoms with van der Waals surface area (Å²) in [6, 6.07) is 14.1. The van der Waals surface area contributed by atoms with Gasteiger partial charge in [-0.25, -0.2) is 4.39 Å². The zero-order valence-electron chi connectivity index (χ0n) is 12.1. The summed E-state index contributed by atoms with van der Waals surface area (Å²) < 4.78 is 15.0. The number of halogens is 2. The molecule has 1 nitrogen and oxygen atoms in total. The minimum absolute atomic E-state index is 0.0981. The smallest absolute Gasteiger partial charge is 0.126 e. The highest BCUT2D eigenvalue weighted by molar-refractivity contribution is 9.10. The van der Waals surface area contributed by atoms with Crippen molar-refractivity contribution in [1.82, 2.24) is 5.32 Å². The summed E-state index contributed by atoms with van der Waals surface area (Å²) in [6.45, 7) is 3.74. The van der Waals surface area contributed by atoms with Crippen LogP contribution >= 0.6 is 15.9 Å². The highest BCUT2D eigenvalue weighted by Crippen LogP contribution is 2.38. The number of piperidine rings is 1. The van der Waals surface area contributed by atoms with Gasteiger partial charge in [-0.05, 0) is 60.7 Å². The fourth-order valence-corrected chi connectivity index (χ4v) is 3.60. The molecule has 110 valence electrons. The van der Waals surface area contributed by atoms with E-state index in [0.717, 1.165) is 29.5 Å². The van der Waals surface area contributed by atoms with Crippen LogP contribution in [0, 0.1) is 12.7 Å². The fraction of sp³-hybridized carbons (Fsp3) is 0.333. The summed E-state index contributed by atoms with van der Waals surface area (Å²) in [4.78, 5) is 0. The molecular weight excluding hydrogens is 329 g/mol. The van der Waals surface area contributed by atoms with Gasteiger partial charge in [0.25, 0.3) is 0 Å². The molecule has 2 unspecified atom stereocenters. The normalized spacial score (nSPS) is 22.2. The third-order valence-corrected chi connectivity index (χ3v) is 4.88. The van der Waals surface area contributed by atoms with Crippen LogP contribution < -0.4 is 5.32 Å². The van der Waals surface area contributed by atoms with Crippen LogP contribution in [0.5, 0.6) is 0 Å². The van der Waals surface area contributed by atoms with E-state index in [0.29, 0.717) is 17.4 Å². The Morgan fingerprint density at radius 1 is 1.10 bits per heavy atom. The van der Waals surface area contributed by atoms with Gasteiger partial charge in [0.1, 0.15) is 5.82 Å². The molecular formula is C18H19BrFN. The molecule has 2 aromatic carbocycles. The molecule has 0 amide bonds. The topological polar surface area (TPSA) is 12.0 Å². The van der Waals surface area contributed by atoms with E-state index >= 15 is 0 Å². The maximum Gasteiger partial charge on any atom is 0.126 e. The van der Waals surface area contributed by atoms with Crippen molar-refractivity contribution in [2.45, 2.75) is 25.2 Å². The van der Waals surface area contributed by atoms with Crippen LogP contribution in [0.1, 0.15) is 34.9 Å². The number of rotatable bonds is 2. The molecule has 21 heavy (non-hydrogen) atoms. The highest BCUT2D eigenvalue weighted by Gasteiger charge is 2.28. The second-order valence-electron chi connectivity index (χ2n) is 5.77. The first-order valence-corrected chi connectivity index (χ1v) is 8.16. The van der Waals surface area contributed by atoms with Crippen molar-refractivity contribution in [3.8, 4) is 0 Å². The molecule has 3 rings (SSSR count). The van der Waals surface area contributed by atoms with Crippen molar-refractivity contribution in [3.05, 3.63) is 69.4 Å². The Balaban J connectivity index is 1.96. The van der Waals surface area contributed by atoms with Crippen molar-refractivity contribution in [3.63, 3.8) is 0 Å². The fourth-order valence-electron chi connectivity index (χ4n) is 3.18. The molecule has 1 saturated heterocycles. The standard InChI is InChI=1S/C18H19BrFN/c1-12-5-6-14(10-18(12)20)16-7-8-21-11-17(16)13-3-2-4-15(19)9-13/h2-6,9-10,16-17,21H,7-8,11H2,1H3. The van der Waals surface area contributed by atoms with Gasteiger partial charge in [-0.1, -0.05) is 40.2 Å². The van der Waals surface area contributed by atoms with Gasteiger partial charge in [-0.15, -0.1) is 0 Å². The van der Waals surface area contributed by atoms with E-state index in [9.17, 15) is 4.39 Å². The molecule has 0 aromatic heterocycles. The molecule has 3 heteroatoms. The Hall–Kier alpha value is -1.19. The molecule has 1 N–H and O–H groups in total. The van der Waals surface area contributed by atoms with Crippen LogP contribution in [0.15, 0.2) is 46.9 Å². The van der Waals surface area contributed by atoms with E-state index in [1.165, 1.54) is 5.56 Å². The molecule has 1 heterocycles. The van der Waals surface area contributed by atoms with Gasteiger partial charge in [0.15, 0.2) is 0 Å². The SMILES string of the molecule is Cc1ccc(C2CCNCC2c2cccc(Br)c2)cc1F. The van der Waals surface area contributed by atoms with Crippen LogP contribution in [0.4, 0.5) is 4.39 Å². The van der Waals surface area contributed by atoms with E-state index in [1.54, 1.807) is 6.07 Å². The van der Waals surface area contributed by atoms with Crippen molar-refractivity contribution in [2.75, 3.05) is 13.1 Å². The lowest BCUT2D eigenvalue weighted by Crippen LogP contribution is -2.34. The third kappa shape index (κ3) is 3.19. The number of hydrogen-bond donors (Lipinski definition) is 1. The Morgan fingerprint density at radius 2 is 1.90 bits per heavy atom. The van der Waals surface area contributed by atoms with Gasteiger partial charge in [0.2, 0.25) is 0 Å². The van der Waals surface area contributed by atoms with Crippen molar-refractivity contribution >= 4 is 15.9 Å². The summed E-state index contributed by atoms with van der Waals surface area (Å²) in [6.07, 6.45) is 1.04. The monoisotopic (exact) mass is 347 g/mol. The number of hydrogen-bond acceptors (Lipinski definition) is 1. The molecule has 0 saturated carbocycles. The molecule has 1 fully saturated rings. The summed E-state index contributed by atoms with van der Waals surface area (Å²) in [5.41, 5.74) is 3.14. The Bertz CT molecular complexity index is 641. The number of aryl methyl sites for hydroxylation is 1. The van der Waals surface area contributed by atoms with Crippen LogP contribution in [-0.2, 0) is 0 Å². The average Bonchev–Trinajstić information content (AvgIpc) is 2.50. The lowest BCUT2D eigenvalue weighted by atomic mass is 9.77. The van der Waals surface area contributed by atoms with Crippen LogP contribution in [0.25, 0.3) is 0 Å². The first-order chi connectivity index (χ1) is 10.1. The zero-order chi connectivity index (χ0) is 14.8. The minimum Gasteiger partial charge on any atom is -0.316 e. The molecule has 1 aliphatic heterocycles. The molecule has 0 aliphatic carbocycles. The van der Waals surface area contributed by atoms with Gasteiger partial charge in [-0.2, -0.15) is 0 Å². The summed E-state index contributed by atoms with van der Waals surface area (Å²) >= 11 is 3.55. The third-order valence-electron chi connectivity index (χ3n) is 4.38. The van der Waals surface area contributed by atoms with Crippen molar-refractivity contribution in [2.24, 2.45) is 0 Å². The Kier molecular flexibility index (Phi) is 4.41. The van der Waals surface area contributed by atoms with Crippen molar-refractivity contribution in [1.29, 1.82) is 0 Å². The molecule has 0 bridgehead atoms. The predicted octanol–water partition coefficient (Wildman–Crippen LogP) is 4.76. The summed E-state index contributed by atoms with van der Waals surface area (Å²) in [7, 11) is 0. The Labute approximate surface area is 133 Å². The molecule has 0 radical (unpaired) electrons. The number of benzene rings is 2. The lowest BCUT2D eigenvalue weighted by molar-refractivity contribution is 0.403. The van der Waals surface area contributed by atoms with E-state index < -0.39 is 0 Å². The first-order valence-electron chi connectivity index (χ1n) is 7.37.